The summed E-state index contributed by atoms with van der Waals surface area (Å²) >= 11 is 0. The molecule has 1 aromatic carbocycles. The van der Waals surface area contributed by atoms with Crippen molar-refractivity contribution in [2.75, 3.05) is 55.2 Å². The van der Waals surface area contributed by atoms with Crippen molar-refractivity contribution in [3.63, 3.8) is 0 Å². The molecule has 0 saturated carbocycles. The normalized spacial score (nSPS) is 26.5. The fourth-order valence-electron chi connectivity index (χ4n) is 2.76. The molecule has 0 bridgehead atoms. The lowest BCUT2D eigenvalue weighted by atomic mass is 10.2. The van der Waals surface area contributed by atoms with Gasteiger partial charge in [-0.2, -0.15) is 0 Å². The maximum atomic E-state index is 12.8. The van der Waals surface area contributed by atoms with Gasteiger partial charge < -0.3 is 10.2 Å². The first-order chi connectivity index (χ1) is 19.7. The Kier molecular flexibility index (Phi) is 3.47. The first-order valence-corrected chi connectivity index (χ1v) is 10.1. The average Bonchev–Trinajstić information content (AvgIpc) is 2.88. The molecule has 1 aliphatic rings. The van der Waals surface area contributed by atoms with Crippen LogP contribution in [0.15, 0.2) is 24.2 Å². The van der Waals surface area contributed by atoms with Crippen molar-refractivity contribution in [3.8, 4) is 0 Å². The molecule has 0 aromatic heterocycles. The summed E-state index contributed by atoms with van der Waals surface area (Å²) in [4.78, 5) is 15.8. The number of nitrogens with zero attached hydrogens (tertiary/aromatic N) is 2. The lowest BCUT2D eigenvalue weighted by Crippen LogP contribution is -2.46. The summed E-state index contributed by atoms with van der Waals surface area (Å²) in [6.45, 7) is -9.39. The largest absolute Gasteiger partial charge is 0.369 e. The van der Waals surface area contributed by atoms with Crippen LogP contribution < -0.4 is 14.9 Å². The van der Waals surface area contributed by atoms with E-state index in [1.165, 1.54) is 6.07 Å². The standard InChI is InChI=1S/C20H34N4O3S/c1-17(2)16-28(26,27)21-9-4-5-10-23-11-13-24(14-12-23)20-8-6-7-19(15-20)22-18(3)25/h6-8,15,17,21H,4-5,9-14,16H2,1-3H3,(H,22,25)/i1D3,2D3,3D3,7D,8D,16D2,17D/hD2. The van der Waals surface area contributed by atoms with Gasteiger partial charge in [0, 0.05) is 67.4 Å². The third-order valence-electron chi connectivity index (χ3n) is 4.02. The molecule has 2 rings (SSSR count). The molecule has 1 aromatic rings. The molecule has 158 valence electrons. The highest BCUT2D eigenvalue weighted by Crippen LogP contribution is 2.21. The van der Waals surface area contributed by atoms with Gasteiger partial charge in [0.15, 0.2) is 1.41 Å². The van der Waals surface area contributed by atoms with E-state index in [9.17, 15) is 13.2 Å². The number of nitrogens with one attached hydrogen (secondary N) is 2. The van der Waals surface area contributed by atoms with E-state index < -0.39 is 54.6 Å². The molecule has 0 aliphatic carbocycles. The number of sulfonamides is 1. The van der Waals surface area contributed by atoms with E-state index in [2.05, 4.69) is 0 Å². The van der Waals surface area contributed by atoms with E-state index in [0.717, 1.165) is 6.07 Å². The second kappa shape index (κ2) is 10.8. The first kappa shape index (κ1) is 9.02. The SMILES string of the molecule is [2H]c1cc([2H])c(N([2H])C(=O)C([2H])([2H])[2H])cc1N1CCN(CCCCN([2H])S(=O)(=O)C([2H])([2H])C([2H])(C([2H])([2H])[2H])C([2H])([2H])[2H])CC1. The minimum Gasteiger partial charge on any atom is -0.369 e. The molecule has 28 heavy (non-hydrogen) atoms. The molecule has 0 unspecified atom stereocenters. The molecule has 1 aliphatic heterocycles. The summed E-state index contributed by atoms with van der Waals surface area (Å²) in [7, 11) is -5.53. The van der Waals surface area contributed by atoms with Gasteiger partial charge in [0.1, 0.15) is 1.41 Å². The quantitative estimate of drug-likeness (QED) is 0.560. The number of hydrogen-bond donors (Lipinski definition) is 2. The predicted octanol–water partition coefficient (Wildman–Crippen LogP) is 2.12. The lowest BCUT2D eigenvalue weighted by molar-refractivity contribution is -0.114. The Morgan fingerprint density at radius 3 is 2.86 bits per heavy atom. The minimum absolute atomic E-state index is 0.0214. The van der Waals surface area contributed by atoms with Crippen molar-refractivity contribution in [1.29, 1.82) is 0 Å². The fraction of sp³-hybridized carbons (Fsp3) is 0.650. The molecule has 7 nitrogen and oxygen atoms in total. The van der Waals surface area contributed by atoms with Gasteiger partial charge in [-0.25, -0.2) is 13.1 Å². The zero-order valence-electron chi connectivity index (χ0n) is 31.2. The van der Waals surface area contributed by atoms with Crippen LogP contribution in [-0.2, 0) is 14.8 Å². The van der Waals surface area contributed by atoms with Crippen LogP contribution in [0.4, 0.5) is 11.4 Å². The Morgan fingerprint density at radius 2 is 2.14 bits per heavy atom. The van der Waals surface area contributed by atoms with Gasteiger partial charge in [0.05, 0.1) is 8.45 Å². The topological polar surface area (TPSA) is 81.8 Å². The molecule has 2 N–H and O–H groups in total. The molecule has 1 fully saturated rings. The number of rotatable bonds is 10. The number of anilines is 2. The fourth-order valence-corrected chi connectivity index (χ4v) is 3.45. The summed E-state index contributed by atoms with van der Waals surface area (Å²) in [5, 5.41) is 0.117. The Balaban J connectivity index is 2.00. The van der Waals surface area contributed by atoms with Gasteiger partial charge in [-0.3, -0.25) is 9.69 Å². The van der Waals surface area contributed by atoms with E-state index >= 15 is 0 Å². The number of carbonyl (C=O) groups is 1. The molecular weight excluding hydrogens is 376 g/mol. The molecule has 0 atom stereocenters. The van der Waals surface area contributed by atoms with Crippen molar-refractivity contribution in [3.05, 3.63) is 24.2 Å². The number of carbonyl (C=O) groups excluding carboxylic acids is 1. The Labute approximate surface area is 192 Å². The van der Waals surface area contributed by atoms with E-state index in [1.807, 2.05) is 4.90 Å². The van der Waals surface area contributed by atoms with Gasteiger partial charge in [-0.1, -0.05) is 19.8 Å². The molecular formula is C20H34N4O3S. The van der Waals surface area contributed by atoms with E-state index in [0.29, 0.717) is 39.1 Å². The van der Waals surface area contributed by atoms with Crippen molar-refractivity contribution in [1.82, 2.24) is 9.62 Å². The summed E-state index contributed by atoms with van der Waals surface area (Å²) in [5.41, 5.74) is -4.16. The summed E-state index contributed by atoms with van der Waals surface area (Å²) in [5.74, 6) is -5.56. The number of benzene rings is 1. The molecule has 0 spiro atoms. The van der Waals surface area contributed by atoms with Crippen LogP contribution in [0.2, 0.25) is 2.82 Å². The van der Waals surface area contributed by atoms with Gasteiger partial charge in [0.2, 0.25) is 15.9 Å². The Hall–Kier alpha value is -1.64. The van der Waals surface area contributed by atoms with Crippen LogP contribution in [0.1, 0.15) is 52.6 Å². The summed E-state index contributed by atoms with van der Waals surface area (Å²) in [6, 6.07) is 1.92. The number of piperazine rings is 1. The molecule has 8 heteroatoms. The molecule has 1 saturated heterocycles. The smallest absolute Gasteiger partial charge is 0.221 e. The monoisotopic (exact) mass is 426 g/mol. The molecule has 1 amide bonds. The van der Waals surface area contributed by atoms with Crippen molar-refractivity contribution < 1.29 is 35.2 Å². The van der Waals surface area contributed by atoms with E-state index in [-0.39, 0.29) is 39.9 Å². The van der Waals surface area contributed by atoms with Crippen LogP contribution in [0.5, 0.6) is 0 Å². The van der Waals surface area contributed by atoms with Gasteiger partial charge in [-0.05, 0) is 43.4 Å². The second-order valence-corrected chi connectivity index (χ2v) is 7.52. The first-order valence-electron chi connectivity index (χ1n) is 16.5. The van der Waals surface area contributed by atoms with E-state index in [1.54, 1.807) is 4.90 Å². The van der Waals surface area contributed by atoms with Crippen LogP contribution >= 0.6 is 0 Å². The third-order valence-corrected chi connectivity index (χ3v) is 5.01. The summed E-state index contributed by atoms with van der Waals surface area (Å²) in [6.07, 6.45) is 0.332. The predicted molar refractivity (Wildman–Crippen MR) is 115 cm³/mol. The highest BCUT2D eigenvalue weighted by Gasteiger charge is 2.17. The maximum Gasteiger partial charge on any atom is 0.221 e. The van der Waals surface area contributed by atoms with Gasteiger partial charge in [-0.15, -0.1) is 0 Å². The van der Waals surface area contributed by atoms with Crippen LogP contribution in [-0.4, -0.2) is 64.2 Å². The van der Waals surface area contributed by atoms with Crippen LogP contribution in [0, 0.1) is 5.89 Å². The van der Waals surface area contributed by atoms with Gasteiger partial charge >= 0.3 is 0 Å². The number of unbranched alkanes of at least 4 members (excludes halogenated alkanes) is 1. The number of amides is 1. The van der Waals surface area contributed by atoms with Crippen molar-refractivity contribution >= 4 is 27.3 Å². The average molecular weight is 427 g/mol. The maximum absolute atomic E-state index is 12.8. The molecule has 0 radical (unpaired) electrons. The highest BCUT2D eigenvalue weighted by atomic mass is 32.2. The van der Waals surface area contributed by atoms with Gasteiger partial charge in [0.25, 0.3) is 0 Å². The lowest BCUT2D eigenvalue weighted by Gasteiger charge is -2.36. The van der Waals surface area contributed by atoms with Crippen LogP contribution in [0.25, 0.3) is 0 Å². The van der Waals surface area contributed by atoms with Crippen molar-refractivity contribution in [2.45, 2.75) is 33.4 Å². The third kappa shape index (κ3) is 8.16. The molecule has 1 heterocycles. The zero-order valence-corrected chi connectivity index (χ0v) is 16.0. The van der Waals surface area contributed by atoms with Crippen LogP contribution in [0.3, 0.4) is 0 Å². The minimum atomic E-state index is -5.53. The second-order valence-electron chi connectivity index (χ2n) is 6.11. The summed E-state index contributed by atoms with van der Waals surface area (Å²) < 4.78 is 147. The number of hydrogen-bond acceptors (Lipinski definition) is 5. The van der Waals surface area contributed by atoms with E-state index in [4.69, 9.17) is 22.0 Å². The Morgan fingerprint density at radius 1 is 1.36 bits per heavy atom. The Bertz CT molecular complexity index is 1280. The zero-order chi connectivity index (χ0) is 34.3. The highest BCUT2D eigenvalue weighted by molar-refractivity contribution is 7.89. The van der Waals surface area contributed by atoms with Crippen molar-refractivity contribution in [2.24, 2.45) is 5.89 Å².